The Hall–Kier alpha value is -3.69. The van der Waals surface area contributed by atoms with Crippen LogP contribution < -0.4 is 5.32 Å². The Kier molecular flexibility index (Phi) is 12.1. The number of nitrogens with one attached hydrogen (secondary N) is 1. The summed E-state index contributed by atoms with van der Waals surface area (Å²) in [6, 6.07) is 24.5. The Morgan fingerprint density at radius 2 is 1.53 bits per heavy atom. The van der Waals surface area contributed by atoms with Gasteiger partial charge in [-0.2, -0.15) is 8.42 Å². The summed E-state index contributed by atoms with van der Waals surface area (Å²) in [5, 5.41) is 2.73. The Bertz CT molecular complexity index is 1550. The zero-order valence-corrected chi connectivity index (χ0v) is 27.0. The number of hydrogen-bond acceptors (Lipinski definition) is 11. The fourth-order valence-electron chi connectivity index (χ4n) is 5.36. The van der Waals surface area contributed by atoms with Crippen LogP contribution in [0.4, 0.5) is 5.69 Å². The number of fused-ring (bicyclic) bond motifs is 1. The molecule has 2 aliphatic rings. The highest BCUT2D eigenvalue weighted by Crippen LogP contribution is 2.38. The van der Waals surface area contributed by atoms with E-state index in [-0.39, 0.29) is 42.8 Å². The molecule has 13 heteroatoms. The van der Waals surface area contributed by atoms with E-state index >= 15 is 0 Å². The van der Waals surface area contributed by atoms with Crippen molar-refractivity contribution in [2.24, 2.45) is 0 Å². The molecule has 2 heterocycles. The lowest BCUT2D eigenvalue weighted by atomic mass is 9.97. The van der Waals surface area contributed by atoms with Gasteiger partial charge in [-0.1, -0.05) is 60.7 Å². The molecule has 252 valence electrons. The molecule has 6 atom stereocenters. The van der Waals surface area contributed by atoms with Crippen LogP contribution in [0.15, 0.2) is 89.8 Å². The molecule has 1 amide bonds. The van der Waals surface area contributed by atoms with Gasteiger partial charge < -0.3 is 33.7 Å². The first kappa shape index (κ1) is 34.6. The molecule has 3 aromatic rings. The molecule has 0 saturated carbocycles. The summed E-state index contributed by atoms with van der Waals surface area (Å²) >= 11 is 0. The summed E-state index contributed by atoms with van der Waals surface area (Å²) in [5.74, 6) is -0.589. The molecule has 2 saturated heterocycles. The highest BCUT2D eigenvalue weighted by Gasteiger charge is 2.53. The predicted octanol–water partition coefficient (Wildman–Crippen LogP) is 4.50. The smallest absolute Gasteiger partial charge is 0.305 e. The van der Waals surface area contributed by atoms with Gasteiger partial charge in [0.05, 0.1) is 25.2 Å². The molecule has 3 aromatic carbocycles. The quantitative estimate of drug-likeness (QED) is 0.147. The maximum atomic E-state index is 13.6. The largest absolute Gasteiger partial charge is 0.469 e. The van der Waals surface area contributed by atoms with Gasteiger partial charge in [-0.15, -0.1) is 0 Å². The highest BCUT2D eigenvalue weighted by molar-refractivity contribution is 7.86. The van der Waals surface area contributed by atoms with Gasteiger partial charge >= 0.3 is 5.97 Å². The van der Waals surface area contributed by atoms with Gasteiger partial charge in [-0.25, -0.2) is 0 Å². The number of esters is 1. The van der Waals surface area contributed by atoms with Crippen molar-refractivity contribution in [3.05, 3.63) is 96.1 Å². The van der Waals surface area contributed by atoms with E-state index in [1.54, 1.807) is 0 Å². The molecule has 0 spiro atoms. The molecule has 1 N–H and O–H groups in total. The average molecular weight is 670 g/mol. The number of benzene rings is 3. The van der Waals surface area contributed by atoms with Gasteiger partial charge in [-0.05, 0) is 42.7 Å². The normalized spacial score (nSPS) is 24.2. The lowest BCUT2D eigenvalue weighted by Crippen LogP contribution is -2.63. The van der Waals surface area contributed by atoms with Crippen LogP contribution in [0.3, 0.4) is 0 Å². The van der Waals surface area contributed by atoms with E-state index in [0.717, 1.165) is 11.1 Å². The molecule has 0 radical (unpaired) electrons. The van der Waals surface area contributed by atoms with Gasteiger partial charge in [0, 0.05) is 31.2 Å². The Labute approximate surface area is 274 Å². The van der Waals surface area contributed by atoms with Crippen molar-refractivity contribution in [3.63, 3.8) is 0 Å². The predicted molar refractivity (Wildman–Crippen MR) is 168 cm³/mol. The van der Waals surface area contributed by atoms with E-state index in [1.807, 2.05) is 60.7 Å². The lowest BCUT2D eigenvalue weighted by Gasteiger charge is -2.48. The summed E-state index contributed by atoms with van der Waals surface area (Å²) in [6.45, 7) is 0.315. The molecular formula is C34H39NO11S. The molecule has 5 rings (SSSR count). The first-order valence-corrected chi connectivity index (χ1v) is 16.7. The molecule has 12 nitrogen and oxygen atoms in total. The SMILES string of the molecule is COC(=O)CCCCC(=O)Nc1ccc(S(=O)(=O)O[C@@H]2[C@H](OC)O[C@@H]3COC(c4ccccc4)O[C@H]3[C@@H]2OCc2ccccc2)cc1. The van der Waals surface area contributed by atoms with Gasteiger partial charge in [-0.3, -0.25) is 13.8 Å². The zero-order chi connectivity index (χ0) is 33.2. The van der Waals surface area contributed by atoms with Gasteiger partial charge in [0.2, 0.25) is 5.91 Å². The van der Waals surface area contributed by atoms with Crippen LogP contribution in [0, 0.1) is 0 Å². The fraction of sp³-hybridized carbons (Fsp3) is 0.412. The number of ether oxygens (including phenoxy) is 6. The summed E-state index contributed by atoms with van der Waals surface area (Å²) in [7, 11) is -1.67. The topological polar surface area (TPSA) is 145 Å². The number of amides is 1. The molecular weight excluding hydrogens is 630 g/mol. The third kappa shape index (κ3) is 9.23. The minimum absolute atomic E-state index is 0.137. The van der Waals surface area contributed by atoms with Gasteiger partial charge in [0.15, 0.2) is 18.7 Å². The number of carbonyl (C=O) groups is 2. The van der Waals surface area contributed by atoms with Crippen molar-refractivity contribution in [3.8, 4) is 0 Å². The molecule has 2 aliphatic heterocycles. The Morgan fingerprint density at radius 3 is 2.21 bits per heavy atom. The van der Waals surface area contributed by atoms with Crippen molar-refractivity contribution in [2.45, 2.75) is 74.2 Å². The van der Waals surface area contributed by atoms with Crippen LogP contribution in [0.1, 0.15) is 43.1 Å². The maximum Gasteiger partial charge on any atom is 0.305 e. The highest BCUT2D eigenvalue weighted by atomic mass is 32.2. The molecule has 0 aliphatic carbocycles. The fourth-order valence-corrected chi connectivity index (χ4v) is 6.44. The van der Waals surface area contributed by atoms with E-state index < -0.39 is 47.1 Å². The number of hydrogen-bond donors (Lipinski definition) is 1. The van der Waals surface area contributed by atoms with Gasteiger partial charge in [0.1, 0.15) is 18.3 Å². The Morgan fingerprint density at radius 1 is 0.851 bits per heavy atom. The third-order valence-corrected chi connectivity index (χ3v) is 9.13. The van der Waals surface area contributed by atoms with E-state index in [2.05, 4.69) is 10.1 Å². The molecule has 47 heavy (non-hydrogen) atoms. The first-order chi connectivity index (χ1) is 22.8. The van der Waals surface area contributed by atoms with E-state index in [0.29, 0.717) is 18.5 Å². The number of anilines is 1. The van der Waals surface area contributed by atoms with Crippen LogP contribution in [0.25, 0.3) is 0 Å². The molecule has 0 aromatic heterocycles. The van der Waals surface area contributed by atoms with Gasteiger partial charge in [0.25, 0.3) is 10.1 Å². The van der Waals surface area contributed by atoms with Crippen LogP contribution in [-0.2, 0) is 58.9 Å². The summed E-state index contributed by atoms with van der Waals surface area (Å²) in [4.78, 5) is 23.4. The number of rotatable bonds is 14. The maximum absolute atomic E-state index is 13.6. The third-order valence-electron chi connectivity index (χ3n) is 7.80. The first-order valence-electron chi connectivity index (χ1n) is 15.3. The molecule has 1 unspecified atom stereocenters. The van der Waals surface area contributed by atoms with Crippen LogP contribution >= 0.6 is 0 Å². The summed E-state index contributed by atoms with van der Waals surface area (Å²) < 4.78 is 68.1. The van der Waals surface area contributed by atoms with Crippen molar-refractivity contribution in [1.82, 2.24) is 0 Å². The van der Waals surface area contributed by atoms with Crippen molar-refractivity contribution < 1.29 is 50.6 Å². The second kappa shape index (κ2) is 16.4. The standard InChI is InChI=1S/C34H39NO11S/c1-40-29(37)16-10-9-15-28(36)35-25-17-19-26(20-18-25)47(38,39)46-32-31(42-21-23-11-5-3-6-12-23)30-27(44-34(32)41-2)22-43-33(45-30)24-13-7-4-8-14-24/h3-8,11-14,17-20,27,30-34H,9-10,15-16,21-22H2,1-2H3,(H,35,36)/t27-,30-,31+,32+,33?,34-/m1/s1. The van der Waals surface area contributed by atoms with Crippen LogP contribution in [0.5, 0.6) is 0 Å². The minimum atomic E-state index is -4.38. The van der Waals surface area contributed by atoms with Crippen LogP contribution in [0.2, 0.25) is 0 Å². The van der Waals surface area contributed by atoms with E-state index in [1.165, 1.54) is 38.5 Å². The average Bonchev–Trinajstić information content (AvgIpc) is 3.10. The molecule has 0 bridgehead atoms. The number of unbranched alkanes of at least 4 members (excludes halogenated alkanes) is 1. The zero-order valence-electron chi connectivity index (χ0n) is 26.2. The second-order valence-electron chi connectivity index (χ2n) is 11.1. The van der Waals surface area contributed by atoms with Crippen molar-refractivity contribution in [2.75, 3.05) is 26.1 Å². The number of carbonyl (C=O) groups excluding carboxylic acids is 2. The number of methoxy groups -OCH3 is 2. The minimum Gasteiger partial charge on any atom is -0.469 e. The second-order valence-corrected chi connectivity index (χ2v) is 12.7. The molecule has 2 fully saturated rings. The van der Waals surface area contributed by atoms with E-state index in [4.69, 9.17) is 27.9 Å². The monoisotopic (exact) mass is 669 g/mol. The van der Waals surface area contributed by atoms with Crippen LogP contribution in [-0.4, -0.2) is 71.8 Å². The van der Waals surface area contributed by atoms with Crippen molar-refractivity contribution in [1.29, 1.82) is 0 Å². The van der Waals surface area contributed by atoms with Crippen molar-refractivity contribution >= 4 is 27.7 Å². The van der Waals surface area contributed by atoms with E-state index in [9.17, 15) is 18.0 Å². The summed E-state index contributed by atoms with van der Waals surface area (Å²) in [5.41, 5.74) is 2.08. The summed E-state index contributed by atoms with van der Waals surface area (Å²) in [6.07, 6.45) is -3.94. The lowest BCUT2D eigenvalue weighted by molar-refractivity contribution is -0.360. The Balaban J connectivity index is 1.31.